The van der Waals surface area contributed by atoms with Crippen LogP contribution in [-0.2, 0) is 14.3 Å². The van der Waals surface area contributed by atoms with Gasteiger partial charge in [-0.2, -0.15) is 0 Å². The van der Waals surface area contributed by atoms with E-state index < -0.39 is 12.0 Å². The summed E-state index contributed by atoms with van der Waals surface area (Å²) in [7, 11) is 0. The van der Waals surface area contributed by atoms with Gasteiger partial charge in [-0.3, -0.25) is 24.1 Å². The van der Waals surface area contributed by atoms with Crippen LogP contribution in [0.15, 0.2) is 54.7 Å². The maximum Gasteiger partial charge on any atom is 0.308 e. The van der Waals surface area contributed by atoms with E-state index in [9.17, 15) is 19.2 Å². The number of benzene rings is 2. The quantitative estimate of drug-likeness (QED) is 0.379. The molecule has 2 aromatic rings. The molecule has 1 unspecified atom stereocenters. The van der Waals surface area contributed by atoms with Gasteiger partial charge >= 0.3 is 5.97 Å². The highest BCUT2D eigenvalue weighted by Gasteiger charge is 2.34. The molecule has 2 aromatic carbocycles. The number of carbonyl (C=O) groups is 4. The highest BCUT2D eigenvalue weighted by atomic mass is 16.5. The lowest BCUT2D eigenvalue weighted by Crippen LogP contribution is -2.32. The number of imide groups is 1. The second-order valence-corrected chi connectivity index (χ2v) is 7.83. The lowest BCUT2D eigenvalue weighted by molar-refractivity contribution is -0.145. The first-order chi connectivity index (χ1) is 15.5. The lowest BCUT2D eigenvalue weighted by Gasteiger charge is -2.32. The first-order valence-corrected chi connectivity index (χ1v) is 10.6. The van der Waals surface area contributed by atoms with Crippen LogP contribution in [0.5, 0.6) is 0 Å². The van der Waals surface area contributed by atoms with Crippen molar-refractivity contribution in [3.8, 4) is 0 Å². The Labute approximate surface area is 186 Å². The number of esters is 1. The van der Waals surface area contributed by atoms with Gasteiger partial charge in [0.25, 0.3) is 11.8 Å². The molecule has 3 amide bonds. The van der Waals surface area contributed by atoms with Gasteiger partial charge in [0.1, 0.15) is 0 Å². The van der Waals surface area contributed by atoms with Gasteiger partial charge in [0, 0.05) is 19.7 Å². The SMILES string of the molecule is CC(=O)N1C=Cc2ccccc2C1CC(=O)OCCCCN1C(=O)c2ccccc2C1=O. The molecule has 32 heavy (non-hydrogen) atoms. The summed E-state index contributed by atoms with van der Waals surface area (Å²) in [6.45, 7) is 1.94. The average Bonchev–Trinajstić information content (AvgIpc) is 3.04. The molecule has 0 aliphatic carbocycles. The highest BCUT2D eigenvalue weighted by molar-refractivity contribution is 6.21. The molecule has 0 bridgehead atoms. The van der Waals surface area contributed by atoms with Crippen LogP contribution >= 0.6 is 0 Å². The smallest absolute Gasteiger partial charge is 0.308 e. The molecular formula is C25H24N2O5. The number of hydrogen-bond donors (Lipinski definition) is 0. The maximum absolute atomic E-state index is 12.5. The summed E-state index contributed by atoms with van der Waals surface area (Å²) in [4.78, 5) is 52.0. The van der Waals surface area contributed by atoms with E-state index in [2.05, 4.69) is 0 Å². The van der Waals surface area contributed by atoms with Crippen LogP contribution in [0.4, 0.5) is 0 Å². The van der Waals surface area contributed by atoms with E-state index >= 15 is 0 Å². The van der Waals surface area contributed by atoms with Gasteiger partial charge in [-0.15, -0.1) is 0 Å². The van der Waals surface area contributed by atoms with Gasteiger partial charge in [-0.25, -0.2) is 0 Å². The predicted molar refractivity (Wildman–Crippen MR) is 117 cm³/mol. The largest absolute Gasteiger partial charge is 0.466 e. The Kier molecular flexibility index (Phi) is 6.16. The molecular weight excluding hydrogens is 408 g/mol. The Bertz CT molecular complexity index is 1070. The molecule has 2 aliphatic rings. The molecule has 2 heterocycles. The number of amides is 3. The molecule has 0 aromatic heterocycles. The normalized spacial score (nSPS) is 16.7. The minimum atomic E-state index is -0.403. The Morgan fingerprint density at radius 2 is 1.59 bits per heavy atom. The van der Waals surface area contributed by atoms with E-state index in [0.29, 0.717) is 24.0 Å². The van der Waals surface area contributed by atoms with Crippen LogP contribution in [-0.4, -0.2) is 46.6 Å². The van der Waals surface area contributed by atoms with Crippen molar-refractivity contribution in [1.82, 2.24) is 9.80 Å². The van der Waals surface area contributed by atoms with Gasteiger partial charge in [0.15, 0.2) is 0 Å². The number of hydrogen-bond acceptors (Lipinski definition) is 5. The number of ether oxygens (including phenoxy) is 1. The third kappa shape index (κ3) is 4.19. The fourth-order valence-electron chi connectivity index (χ4n) is 4.13. The molecule has 0 saturated heterocycles. The van der Waals surface area contributed by atoms with Crippen LogP contribution in [0, 0.1) is 0 Å². The van der Waals surface area contributed by atoms with E-state index in [1.807, 2.05) is 30.3 Å². The van der Waals surface area contributed by atoms with E-state index in [1.165, 1.54) is 11.8 Å². The zero-order chi connectivity index (χ0) is 22.7. The number of carbonyl (C=O) groups excluding carboxylic acids is 4. The molecule has 1 atom stereocenters. The van der Waals surface area contributed by atoms with Gasteiger partial charge < -0.3 is 9.64 Å². The van der Waals surface area contributed by atoms with Crippen molar-refractivity contribution in [2.75, 3.05) is 13.2 Å². The van der Waals surface area contributed by atoms with Crippen molar-refractivity contribution in [2.45, 2.75) is 32.2 Å². The highest BCUT2D eigenvalue weighted by Crippen LogP contribution is 2.33. The molecule has 0 N–H and O–H groups in total. The lowest BCUT2D eigenvalue weighted by atomic mass is 9.94. The number of nitrogens with zero attached hydrogens (tertiary/aromatic N) is 2. The van der Waals surface area contributed by atoms with Gasteiger partial charge in [0.2, 0.25) is 5.91 Å². The van der Waals surface area contributed by atoms with E-state index in [-0.39, 0.29) is 37.3 Å². The minimum absolute atomic E-state index is 0.0549. The Balaban J connectivity index is 1.26. The summed E-state index contributed by atoms with van der Waals surface area (Å²) in [6, 6.07) is 14.0. The first-order valence-electron chi connectivity index (χ1n) is 10.6. The Morgan fingerprint density at radius 1 is 0.938 bits per heavy atom. The fourth-order valence-corrected chi connectivity index (χ4v) is 4.13. The fraction of sp³-hybridized carbons (Fsp3) is 0.280. The van der Waals surface area contributed by atoms with Crippen molar-refractivity contribution in [2.24, 2.45) is 0 Å². The van der Waals surface area contributed by atoms with E-state index in [0.717, 1.165) is 11.1 Å². The summed E-state index contributed by atoms with van der Waals surface area (Å²) in [5.41, 5.74) is 2.75. The van der Waals surface area contributed by atoms with Crippen LogP contribution in [0.1, 0.15) is 64.1 Å². The van der Waals surface area contributed by atoms with E-state index in [1.54, 1.807) is 35.4 Å². The van der Waals surface area contributed by atoms with Crippen LogP contribution < -0.4 is 0 Å². The maximum atomic E-state index is 12.5. The molecule has 0 spiro atoms. The van der Waals surface area contributed by atoms with Crippen LogP contribution in [0.25, 0.3) is 6.08 Å². The summed E-state index contributed by atoms with van der Waals surface area (Å²) >= 11 is 0. The van der Waals surface area contributed by atoms with Gasteiger partial charge in [-0.1, -0.05) is 36.4 Å². The second kappa shape index (κ2) is 9.18. The average molecular weight is 432 g/mol. The third-order valence-corrected chi connectivity index (χ3v) is 5.75. The van der Waals surface area contributed by atoms with Crippen LogP contribution in [0.3, 0.4) is 0 Å². The predicted octanol–water partition coefficient (Wildman–Crippen LogP) is 3.57. The molecule has 7 nitrogen and oxygen atoms in total. The molecule has 164 valence electrons. The van der Waals surface area contributed by atoms with Crippen molar-refractivity contribution in [3.63, 3.8) is 0 Å². The Hall–Kier alpha value is -3.74. The Morgan fingerprint density at radius 3 is 2.28 bits per heavy atom. The molecule has 0 saturated carbocycles. The molecule has 7 heteroatoms. The zero-order valence-electron chi connectivity index (χ0n) is 17.8. The molecule has 0 fully saturated rings. The molecule has 4 rings (SSSR count). The van der Waals surface area contributed by atoms with E-state index in [4.69, 9.17) is 4.74 Å². The van der Waals surface area contributed by atoms with Crippen molar-refractivity contribution >= 4 is 29.8 Å². The number of unbranched alkanes of at least 4 members (excludes halogenated alkanes) is 1. The summed E-state index contributed by atoms with van der Waals surface area (Å²) in [5, 5.41) is 0. The summed E-state index contributed by atoms with van der Waals surface area (Å²) in [5.74, 6) is -1.10. The summed E-state index contributed by atoms with van der Waals surface area (Å²) in [6.07, 6.45) is 4.67. The van der Waals surface area contributed by atoms with Crippen LogP contribution in [0.2, 0.25) is 0 Å². The molecule has 0 radical (unpaired) electrons. The standard InChI is InChI=1S/C25H24N2O5/c1-17(28)26-14-12-18-8-2-3-9-19(18)22(26)16-23(29)32-15-7-6-13-27-24(30)20-10-4-5-11-21(20)25(27)31/h2-5,8-12,14,22H,6-7,13,15-16H2,1H3. The van der Waals surface area contributed by atoms with Gasteiger partial charge in [0.05, 0.1) is 30.2 Å². The first kappa shape index (κ1) is 21.5. The van der Waals surface area contributed by atoms with Crippen molar-refractivity contribution in [3.05, 3.63) is 77.0 Å². The monoisotopic (exact) mass is 432 g/mol. The zero-order valence-corrected chi connectivity index (χ0v) is 17.8. The topological polar surface area (TPSA) is 84.0 Å². The van der Waals surface area contributed by atoms with Gasteiger partial charge in [-0.05, 0) is 42.2 Å². The second-order valence-electron chi connectivity index (χ2n) is 7.83. The summed E-state index contributed by atoms with van der Waals surface area (Å²) < 4.78 is 5.38. The number of fused-ring (bicyclic) bond motifs is 2. The molecule has 2 aliphatic heterocycles. The van der Waals surface area contributed by atoms with Crippen molar-refractivity contribution < 1.29 is 23.9 Å². The minimum Gasteiger partial charge on any atom is -0.466 e. The number of rotatable bonds is 7. The third-order valence-electron chi connectivity index (χ3n) is 5.75. The van der Waals surface area contributed by atoms with Crippen molar-refractivity contribution in [1.29, 1.82) is 0 Å².